The summed E-state index contributed by atoms with van der Waals surface area (Å²) < 4.78 is 17.7. The first-order valence-corrected chi connectivity index (χ1v) is 12.1. The van der Waals surface area contributed by atoms with Crippen molar-refractivity contribution >= 4 is 22.6 Å². The zero-order valence-electron chi connectivity index (χ0n) is 21.5. The molecule has 0 fully saturated rings. The second-order valence-corrected chi connectivity index (χ2v) is 8.97. The van der Waals surface area contributed by atoms with Crippen LogP contribution in [0.1, 0.15) is 40.8 Å². The van der Waals surface area contributed by atoms with Crippen LogP contribution in [0.25, 0.3) is 10.9 Å². The molecule has 0 spiro atoms. The fraction of sp³-hybridized carbons (Fsp3) is 0.241. The van der Waals surface area contributed by atoms with Crippen molar-refractivity contribution in [3.8, 4) is 17.2 Å². The van der Waals surface area contributed by atoms with Gasteiger partial charge in [0, 0.05) is 12.1 Å². The monoisotopic (exact) mass is 513 g/mol. The minimum atomic E-state index is -1.17. The number of carbonyl (C=O) groups is 2. The van der Waals surface area contributed by atoms with Crippen molar-refractivity contribution in [3.63, 3.8) is 0 Å². The van der Waals surface area contributed by atoms with Crippen LogP contribution in [0.2, 0.25) is 0 Å². The van der Waals surface area contributed by atoms with Crippen molar-refractivity contribution in [2.45, 2.75) is 25.6 Å². The predicted molar refractivity (Wildman–Crippen MR) is 141 cm³/mol. The van der Waals surface area contributed by atoms with Gasteiger partial charge in [-0.2, -0.15) is 0 Å². The summed E-state index contributed by atoms with van der Waals surface area (Å²) in [6.07, 6.45) is 0. The topological polar surface area (TPSA) is 100.0 Å². The van der Waals surface area contributed by atoms with Crippen LogP contribution in [0.5, 0.6) is 17.2 Å². The van der Waals surface area contributed by atoms with E-state index in [2.05, 4.69) is 0 Å². The first kappa shape index (κ1) is 25.0. The van der Waals surface area contributed by atoms with Crippen molar-refractivity contribution in [1.29, 1.82) is 0 Å². The second kappa shape index (κ2) is 10.0. The summed E-state index contributed by atoms with van der Waals surface area (Å²) in [6, 6.07) is 17.4. The molecular weight excluding hydrogens is 486 g/mol. The first-order chi connectivity index (χ1) is 18.4. The van der Waals surface area contributed by atoms with Crippen molar-refractivity contribution in [1.82, 2.24) is 14.5 Å². The van der Waals surface area contributed by atoms with E-state index in [1.165, 1.54) is 42.9 Å². The molecule has 0 saturated heterocycles. The highest BCUT2D eigenvalue weighted by molar-refractivity contribution is 6.04. The maximum Gasteiger partial charge on any atom is 0.262 e. The molecule has 3 aromatic carbocycles. The van der Waals surface area contributed by atoms with E-state index < -0.39 is 17.9 Å². The number of benzene rings is 3. The Morgan fingerprint density at radius 1 is 0.895 bits per heavy atom. The standard InChI is InChI=1S/C29H27N3O6/c1-17-28(34)31(16-18-10-6-5-7-11-18)24(27-30-21-13-9-8-12-20(21)29(35)32(17)27)25(33)19-14-22(36-2)26(38-4)23(15-19)37-3/h5-15,17,24H,16H2,1-4H3/t17-,24-/m0/s1. The number of ether oxygens (including phenoxy) is 3. The molecule has 194 valence electrons. The lowest BCUT2D eigenvalue weighted by molar-refractivity contribution is -0.139. The van der Waals surface area contributed by atoms with E-state index in [4.69, 9.17) is 19.2 Å². The maximum absolute atomic E-state index is 14.3. The molecule has 38 heavy (non-hydrogen) atoms. The van der Waals surface area contributed by atoms with Gasteiger partial charge in [0.15, 0.2) is 23.3 Å². The molecule has 1 aliphatic heterocycles. The fourth-order valence-electron chi connectivity index (χ4n) is 4.94. The summed E-state index contributed by atoms with van der Waals surface area (Å²) in [4.78, 5) is 47.9. The van der Waals surface area contributed by atoms with E-state index in [0.29, 0.717) is 28.2 Å². The minimum absolute atomic E-state index is 0.160. The van der Waals surface area contributed by atoms with Gasteiger partial charge in [-0.25, -0.2) is 4.98 Å². The van der Waals surface area contributed by atoms with Crippen LogP contribution in [0.4, 0.5) is 0 Å². The molecule has 1 aromatic heterocycles. The molecule has 2 atom stereocenters. The number of nitrogens with zero attached hydrogens (tertiary/aromatic N) is 3. The van der Waals surface area contributed by atoms with Gasteiger partial charge in [-0.15, -0.1) is 0 Å². The molecule has 0 bridgehead atoms. The number of hydrogen-bond donors (Lipinski definition) is 0. The Labute approximate surface area is 219 Å². The minimum Gasteiger partial charge on any atom is -0.493 e. The van der Waals surface area contributed by atoms with Gasteiger partial charge in [0.25, 0.3) is 5.56 Å². The molecule has 0 saturated carbocycles. The Morgan fingerprint density at radius 3 is 2.16 bits per heavy atom. The van der Waals surface area contributed by atoms with Crippen LogP contribution in [0, 0.1) is 0 Å². The normalized spacial score (nSPS) is 16.7. The lowest BCUT2D eigenvalue weighted by Gasteiger charge is -2.39. The van der Waals surface area contributed by atoms with Crippen molar-refractivity contribution in [2.75, 3.05) is 21.3 Å². The van der Waals surface area contributed by atoms with Crippen LogP contribution in [0.15, 0.2) is 71.5 Å². The molecule has 1 aliphatic rings. The molecule has 9 nitrogen and oxygen atoms in total. The third-order valence-electron chi connectivity index (χ3n) is 6.81. The highest BCUT2D eigenvalue weighted by Crippen LogP contribution is 2.41. The van der Waals surface area contributed by atoms with Crippen molar-refractivity contribution in [3.05, 3.63) is 94.0 Å². The van der Waals surface area contributed by atoms with Crippen molar-refractivity contribution in [2.24, 2.45) is 0 Å². The third kappa shape index (κ3) is 4.06. The molecule has 0 N–H and O–H groups in total. The molecule has 5 rings (SSSR count). The Kier molecular flexibility index (Phi) is 6.59. The Hall–Kier alpha value is -4.66. The van der Waals surface area contributed by atoms with E-state index in [0.717, 1.165) is 5.56 Å². The number of ketones is 1. The number of methoxy groups -OCH3 is 3. The van der Waals surface area contributed by atoms with Crippen LogP contribution in [0.3, 0.4) is 0 Å². The molecule has 0 radical (unpaired) electrons. The van der Waals surface area contributed by atoms with Gasteiger partial charge >= 0.3 is 0 Å². The number of rotatable bonds is 7. The number of para-hydroxylation sites is 1. The SMILES string of the molecule is COc1cc(C(=O)[C@H]2c3nc4ccccc4c(=O)n3[C@@H](C)C(=O)N2Cc2ccccc2)cc(OC)c1OC. The summed E-state index contributed by atoms with van der Waals surface area (Å²) in [6.45, 7) is 1.81. The molecule has 0 unspecified atom stereocenters. The van der Waals surface area contributed by atoms with E-state index >= 15 is 0 Å². The lowest BCUT2D eigenvalue weighted by Crippen LogP contribution is -2.51. The van der Waals surface area contributed by atoms with Crippen molar-refractivity contribution < 1.29 is 23.8 Å². The maximum atomic E-state index is 14.3. The number of Topliss-reactive ketones (excluding diaryl/α,β-unsaturated/α-hetero) is 1. The van der Waals surface area contributed by atoms with Gasteiger partial charge in [0.05, 0.1) is 32.2 Å². The Morgan fingerprint density at radius 2 is 1.53 bits per heavy atom. The highest BCUT2D eigenvalue weighted by Gasteiger charge is 2.43. The van der Waals surface area contributed by atoms with E-state index in [1.54, 1.807) is 31.2 Å². The average Bonchev–Trinajstić information content (AvgIpc) is 2.95. The Balaban J connectivity index is 1.75. The van der Waals surface area contributed by atoms with Crippen LogP contribution in [-0.2, 0) is 11.3 Å². The average molecular weight is 514 g/mol. The van der Waals surface area contributed by atoms with Gasteiger partial charge in [0.2, 0.25) is 11.7 Å². The zero-order chi connectivity index (χ0) is 27.0. The molecular formula is C29H27N3O6. The van der Waals surface area contributed by atoms with Gasteiger partial charge in [-0.1, -0.05) is 42.5 Å². The number of hydrogen-bond acceptors (Lipinski definition) is 7. The lowest BCUT2D eigenvalue weighted by atomic mass is 9.96. The summed E-state index contributed by atoms with van der Waals surface area (Å²) in [5, 5.41) is 0.381. The van der Waals surface area contributed by atoms with Gasteiger partial charge < -0.3 is 19.1 Å². The van der Waals surface area contributed by atoms with Gasteiger partial charge in [0.1, 0.15) is 11.9 Å². The molecule has 4 aromatic rings. The summed E-state index contributed by atoms with van der Waals surface area (Å²) in [5.41, 5.74) is 1.15. The molecule has 1 amide bonds. The van der Waals surface area contributed by atoms with Crippen LogP contribution < -0.4 is 19.8 Å². The first-order valence-electron chi connectivity index (χ1n) is 12.1. The molecule has 9 heteroatoms. The Bertz CT molecular complexity index is 1570. The summed E-state index contributed by atoms with van der Waals surface area (Å²) in [5.74, 6) is 0.341. The third-order valence-corrected chi connectivity index (χ3v) is 6.81. The zero-order valence-corrected chi connectivity index (χ0v) is 21.5. The number of aromatic nitrogens is 2. The van der Waals surface area contributed by atoms with Gasteiger partial charge in [-0.05, 0) is 36.8 Å². The van der Waals surface area contributed by atoms with Gasteiger partial charge in [-0.3, -0.25) is 19.0 Å². The van der Waals surface area contributed by atoms with Crippen LogP contribution >= 0.6 is 0 Å². The van der Waals surface area contributed by atoms with E-state index in [1.807, 2.05) is 30.3 Å². The summed E-state index contributed by atoms with van der Waals surface area (Å²) in [7, 11) is 4.39. The highest BCUT2D eigenvalue weighted by atomic mass is 16.5. The smallest absolute Gasteiger partial charge is 0.262 e. The fourth-order valence-corrected chi connectivity index (χ4v) is 4.94. The number of fused-ring (bicyclic) bond motifs is 2. The molecule has 0 aliphatic carbocycles. The van der Waals surface area contributed by atoms with E-state index in [9.17, 15) is 14.4 Å². The van der Waals surface area contributed by atoms with E-state index in [-0.39, 0.29) is 29.4 Å². The predicted octanol–water partition coefficient (Wildman–Crippen LogP) is 3.95. The number of carbonyl (C=O) groups excluding carboxylic acids is 2. The quantitative estimate of drug-likeness (QED) is 0.345. The molecule has 2 heterocycles. The second-order valence-electron chi connectivity index (χ2n) is 8.97. The summed E-state index contributed by atoms with van der Waals surface area (Å²) >= 11 is 0. The number of amides is 1. The largest absolute Gasteiger partial charge is 0.493 e. The van der Waals surface area contributed by atoms with Crippen LogP contribution in [-0.4, -0.2) is 47.5 Å².